The number of H-pyrrole nitrogens is 1. The van der Waals surface area contributed by atoms with Gasteiger partial charge < -0.3 is 9.52 Å². The van der Waals surface area contributed by atoms with Crippen molar-refractivity contribution in [2.75, 3.05) is 13.1 Å². The predicted octanol–water partition coefficient (Wildman–Crippen LogP) is 0.216. The van der Waals surface area contributed by atoms with E-state index < -0.39 is 27.7 Å². The number of rotatable bonds is 3. The Morgan fingerprint density at radius 1 is 1.43 bits per heavy atom. The fourth-order valence-electron chi connectivity index (χ4n) is 2.38. The number of benzene rings is 1. The Morgan fingerprint density at radius 3 is 2.86 bits per heavy atom. The Balaban J connectivity index is 1.96. The summed E-state index contributed by atoms with van der Waals surface area (Å²) in [5.41, 5.74) is 0.554. The molecule has 1 saturated heterocycles. The van der Waals surface area contributed by atoms with Gasteiger partial charge in [-0.2, -0.15) is 4.31 Å². The molecular formula is C12H12N2O6S. The number of carboxylic acids is 1. The highest BCUT2D eigenvalue weighted by molar-refractivity contribution is 7.89. The van der Waals surface area contributed by atoms with Gasteiger partial charge in [0.05, 0.1) is 16.3 Å². The maximum Gasteiger partial charge on any atom is 0.417 e. The second-order valence-electron chi connectivity index (χ2n) is 4.86. The molecule has 9 heteroatoms. The first kappa shape index (κ1) is 13.8. The van der Waals surface area contributed by atoms with Gasteiger partial charge in [-0.25, -0.2) is 13.2 Å². The number of oxazole rings is 1. The lowest BCUT2D eigenvalue weighted by Crippen LogP contribution is -2.30. The third kappa shape index (κ3) is 2.34. The second-order valence-corrected chi connectivity index (χ2v) is 6.80. The van der Waals surface area contributed by atoms with E-state index in [1.165, 1.54) is 18.2 Å². The van der Waals surface area contributed by atoms with Crippen LogP contribution >= 0.6 is 0 Å². The van der Waals surface area contributed by atoms with Gasteiger partial charge in [0.2, 0.25) is 10.0 Å². The van der Waals surface area contributed by atoms with E-state index in [1.54, 1.807) is 0 Å². The summed E-state index contributed by atoms with van der Waals surface area (Å²) in [6.45, 7) is 0.112. The van der Waals surface area contributed by atoms with Crippen molar-refractivity contribution in [3.8, 4) is 0 Å². The highest BCUT2D eigenvalue weighted by Gasteiger charge is 2.35. The predicted molar refractivity (Wildman–Crippen MR) is 71.3 cm³/mol. The Bertz CT molecular complexity index is 865. The molecular weight excluding hydrogens is 300 g/mol. The zero-order valence-corrected chi connectivity index (χ0v) is 11.6. The number of hydrogen-bond donors (Lipinski definition) is 2. The van der Waals surface area contributed by atoms with Crippen molar-refractivity contribution < 1.29 is 22.7 Å². The SMILES string of the molecule is O=C(O)[C@@H]1CCN(S(=O)(=O)c2ccc3[nH]c(=O)oc3c2)C1. The third-order valence-corrected chi connectivity index (χ3v) is 5.39. The lowest BCUT2D eigenvalue weighted by Gasteiger charge is -2.15. The van der Waals surface area contributed by atoms with Crippen molar-refractivity contribution in [1.29, 1.82) is 0 Å². The maximum atomic E-state index is 12.5. The van der Waals surface area contributed by atoms with Crippen molar-refractivity contribution in [1.82, 2.24) is 9.29 Å². The van der Waals surface area contributed by atoms with Crippen LogP contribution in [-0.4, -0.2) is 41.9 Å². The fraction of sp³-hybridized carbons (Fsp3) is 0.333. The number of aliphatic carboxylic acids is 1. The minimum absolute atomic E-state index is 0.0243. The van der Waals surface area contributed by atoms with Gasteiger partial charge in [0, 0.05) is 19.2 Å². The molecule has 2 N–H and O–H groups in total. The van der Waals surface area contributed by atoms with Crippen LogP contribution < -0.4 is 5.76 Å². The van der Waals surface area contributed by atoms with Gasteiger partial charge in [-0.1, -0.05) is 0 Å². The summed E-state index contributed by atoms with van der Waals surface area (Å²) in [5.74, 6) is -2.35. The number of nitrogens with zero attached hydrogens (tertiary/aromatic N) is 1. The maximum absolute atomic E-state index is 12.5. The highest BCUT2D eigenvalue weighted by atomic mass is 32.2. The number of carboxylic acid groups (broad SMARTS) is 1. The standard InChI is InChI=1S/C12H12N2O6S/c15-11(16)7-3-4-14(6-7)21(18,19)8-1-2-9-10(5-8)20-12(17)13-9/h1-2,5,7H,3-4,6H2,(H,13,17)(H,15,16)/t7-/m1/s1. The van der Waals surface area contributed by atoms with Crippen LogP contribution in [0.5, 0.6) is 0 Å². The normalized spacial score (nSPS) is 20.1. The van der Waals surface area contributed by atoms with E-state index in [0.29, 0.717) is 5.52 Å². The fourth-order valence-corrected chi connectivity index (χ4v) is 3.90. The van der Waals surface area contributed by atoms with Crippen molar-refractivity contribution >= 4 is 27.1 Å². The molecule has 0 unspecified atom stereocenters. The van der Waals surface area contributed by atoms with Crippen LogP contribution in [0.1, 0.15) is 6.42 Å². The van der Waals surface area contributed by atoms with Crippen LogP contribution in [0.15, 0.2) is 32.3 Å². The summed E-state index contributed by atoms with van der Waals surface area (Å²) in [7, 11) is -3.79. The van der Waals surface area contributed by atoms with E-state index in [4.69, 9.17) is 9.52 Å². The molecule has 0 spiro atoms. The summed E-state index contributed by atoms with van der Waals surface area (Å²) in [5, 5.41) is 8.94. The molecule has 21 heavy (non-hydrogen) atoms. The zero-order chi connectivity index (χ0) is 15.2. The molecule has 1 aromatic heterocycles. The van der Waals surface area contributed by atoms with Gasteiger partial charge in [0.15, 0.2) is 5.58 Å². The van der Waals surface area contributed by atoms with E-state index in [0.717, 1.165) is 4.31 Å². The lowest BCUT2D eigenvalue weighted by atomic mass is 10.1. The first-order chi connectivity index (χ1) is 9.88. The largest absolute Gasteiger partial charge is 0.481 e. The van der Waals surface area contributed by atoms with Crippen LogP contribution in [-0.2, 0) is 14.8 Å². The Hall–Kier alpha value is -2.13. The number of aromatic nitrogens is 1. The van der Waals surface area contributed by atoms with Crippen LogP contribution in [0.3, 0.4) is 0 Å². The van der Waals surface area contributed by atoms with Gasteiger partial charge in [0.25, 0.3) is 0 Å². The van der Waals surface area contributed by atoms with Gasteiger partial charge in [-0.15, -0.1) is 0 Å². The molecule has 1 aromatic carbocycles. The van der Waals surface area contributed by atoms with Crippen molar-refractivity contribution in [2.45, 2.75) is 11.3 Å². The number of nitrogens with one attached hydrogen (secondary N) is 1. The molecule has 0 bridgehead atoms. The summed E-state index contributed by atoms with van der Waals surface area (Å²) < 4.78 is 30.9. The first-order valence-electron chi connectivity index (χ1n) is 6.24. The second kappa shape index (κ2) is 4.71. The van der Waals surface area contributed by atoms with Gasteiger partial charge in [-0.3, -0.25) is 9.78 Å². The highest BCUT2D eigenvalue weighted by Crippen LogP contribution is 2.26. The molecule has 8 nitrogen and oxygen atoms in total. The molecule has 2 aromatic rings. The minimum Gasteiger partial charge on any atom is -0.481 e. The van der Waals surface area contributed by atoms with Crippen molar-refractivity contribution in [2.24, 2.45) is 5.92 Å². The Morgan fingerprint density at radius 2 is 2.19 bits per heavy atom. The summed E-state index contributed by atoms with van der Waals surface area (Å²) in [6.07, 6.45) is 0.288. The lowest BCUT2D eigenvalue weighted by molar-refractivity contribution is -0.141. The Labute approximate surface area is 119 Å². The molecule has 1 aliphatic rings. The monoisotopic (exact) mass is 312 g/mol. The van der Waals surface area contributed by atoms with Crippen molar-refractivity contribution in [3.05, 3.63) is 28.7 Å². The van der Waals surface area contributed by atoms with Gasteiger partial charge >= 0.3 is 11.7 Å². The van der Waals surface area contributed by atoms with Gasteiger partial charge in [0.1, 0.15) is 0 Å². The zero-order valence-electron chi connectivity index (χ0n) is 10.8. The van der Waals surface area contributed by atoms with Crippen LogP contribution in [0.4, 0.5) is 0 Å². The molecule has 1 aliphatic heterocycles. The number of aromatic amines is 1. The minimum atomic E-state index is -3.79. The summed E-state index contributed by atoms with van der Waals surface area (Å²) in [6, 6.07) is 4.06. The Kier molecular flexibility index (Phi) is 3.10. The number of carbonyl (C=O) groups is 1. The number of hydrogen-bond acceptors (Lipinski definition) is 5. The average molecular weight is 312 g/mol. The smallest absolute Gasteiger partial charge is 0.417 e. The molecule has 0 saturated carbocycles. The molecule has 112 valence electrons. The summed E-state index contributed by atoms with van der Waals surface area (Å²) >= 11 is 0. The molecule has 0 aliphatic carbocycles. The van der Waals surface area contributed by atoms with E-state index in [2.05, 4.69) is 4.98 Å². The summed E-state index contributed by atoms with van der Waals surface area (Å²) in [4.78, 5) is 24.4. The number of sulfonamides is 1. The van der Waals surface area contributed by atoms with Crippen LogP contribution in [0.25, 0.3) is 11.1 Å². The topological polar surface area (TPSA) is 121 Å². The average Bonchev–Trinajstić information content (AvgIpc) is 3.03. The molecule has 0 radical (unpaired) electrons. The van der Waals surface area contributed by atoms with E-state index in [1.807, 2.05) is 0 Å². The van der Waals surface area contributed by atoms with Gasteiger partial charge in [-0.05, 0) is 18.6 Å². The molecule has 1 fully saturated rings. The molecule has 0 amide bonds. The quantitative estimate of drug-likeness (QED) is 0.836. The van der Waals surface area contributed by atoms with E-state index >= 15 is 0 Å². The van der Waals surface area contributed by atoms with Crippen molar-refractivity contribution in [3.63, 3.8) is 0 Å². The molecule has 1 atom stereocenters. The number of fused-ring (bicyclic) bond motifs is 1. The van der Waals surface area contributed by atoms with E-state index in [-0.39, 0.29) is 30.0 Å². The van der Waals surface area contributed by atoms with E-state index in [9.17, 15) is 18.0 Å². The third-order valence-electron chi connectivity index (χ3n) is 3.53. The van der Waals surface area contributed by atoms with Crippen LogP contribution in [0.2, 0.25) is 0 Å². The molecule has 3 rings (SSSR count). The first-order valence-corrected chi connectivity index (χ1v) is 7.68. The molecule has 2 heterocycles. The van der Waals surface area contributed by atoms with Crippen LogP contribution in [0, 0.1) is 5.92 Å².